The minimum atomic E-state index is -3.27. The third-order valence-electron chi connectivity index (χ3n) is 4.46. The first-order valence-electron chi connectivity index (χ1n) is 8.52. The monoisotopic (exact) mass is 360 g/mol. The third kappa shape index (κ3) is 4.55. The first-order valence-corrected chi connectivity index (χ1v) is 10.1. The van der Waals surface area contributed by atoms with E-state index in [-0.39, 0.29) is 11.8 Å². The topological polar surface area (TPSA) is 75.2 Å². The molecule has 0 aliphatic carbocycles. The van der Waals surface area contributed by atoms with Gasteiger partial charge < -0.3 is 5.32 Å². The second-order valence-corrected chi connectivity index (χ2v) is 8.47. The molecule has 25 heavy (non-hydrogen) atoms. The van der Waals surface area contributed by atoms with E-state index >= 15 is 0 Å². The highest BCUT2D eigenvalue weighted by molar-refractivity contribution is 7.88. The van der Waals surface area contributed by atoms with Crippen LogP contribution in [0.5, 0.6) is 0 Å². The molecule has 1 aromatic carbocycles. The van der Waals surface area contributed by atoms with E-state index in [1.54, 1.807) is 10.5 Å². The molecule has 1 fully saturated rings. The largest absolute Gasteiger partial charge is 0.366 e. The summed E-state index contributed by atoms with van der Waals surface area (Å²) in [6.07, 6.45) is 3.28. The number of piperidine rings is 1. The van der Waals surface area contributed by atoms with Gasteiger partial charge in [-0.2, -0.15) is 0 Å². The molecular formula is C18H24N4O2S. The van der Waals surface area contributed by atoms with Crippen LogP contribution in [0.1, 0.15) is 29.8 Å². The molecular weight excluding hydrogens is 336 g/mol. The van der Waals surface area contributed by atoms with E-state index < -0.39 is 10.0 Å². The fourth-order valence-electron chi connectivity index (χ4n) is 3.02. The molecule has 1 N–H and O–H groups in total. The van der Waals surface area contributed by atoms with Crippen LogP contribution in [0.15, 0.2) is 36.5 Å². The first kappa shape index (κ1) is 17.8. The highest BCUT2D eigenvalue weighted by atomic mass is 32.2. The molecule has 1 saturated heterocycles. The van der Waals surface area contributed by atoms with Crippen molar-refractivity contribution in [2.24, 2.45) is 0 Å². The molecule has 1 aliphatic rings. The average molecular weight is 360 g/mol. The van der Waals surface area contributed by atoms with Gasteiger partial charge in [-0.25, -0.2) is 17.7 Å². The number of anilines is 1. The Morgan fingerprint density at radius 3 is 2.52 bits per heavy atom. The van der Waals surface area contributed by atoms with Crippen LogP contribution in [0.2, 0.25) is 0 Å². The maximum absolute atomic E-state index is 12.6. The number of benzene rings is 1. The fraction of sp³-hybridized carbons (Fsp3) is 0.444. The van der Waals surface area contributed by atoms with Crippen molar-refractivity contribution in [3.05, 3.63) is 53.5 Å². The first-order chi connectivity index (χ1) is 11.9. The number of nitrogens with one attached hydrogen (secondary N) is 1. The van der Waals surface area contributed by atoms with Crippen LogP contribution in [-0.2, 0) is 15.8 Å². The van der Waals surface area contributed by atoms with Gasteiger partial charge in [0.2, 0.25) is 10.0 Å². The van der Waals surface area contributed by atoms with Crippen molar-refractivity contribution in [1.82, 2.24) is 14.3 Å². The van der Waals surface area contributed by atoms with Crippen molar-refractivity contribution in [1.29, 1.82) is 0 Å². The van der Waals surface area contributed by atoms with E-state index in [0.29, 0.717) is 13.1 Å². The van der Waals surface area contributed by atoms with E-state index in [4.69, 9.17) is 0 Å². The quantitative estimate of drug-likeness (QED) is 0.887. The minimum absolute atomic E-state index is 0.0639. The van der Waals surface area contributed by atoms with E-state index in [1.165, 1.54) is 0 Å². The maximum Gasteiger partial charge on any atom is 0.218 e. The van der Waals surface area contributed by atoms with E-state index in [0.717, 1.165) is 35.6 Å². The lowest BCUT2D eigenvalue weighted by atomic mass is 10.1. The van der Waals surface area contributed by atoms with Gasteiger partial charge in [0.1, 0.15) is 5.82 Å². The molecule has 2 aromatic rings. The van der Waals surface area contributed by atoms with E-state index in [2.05, 4.69) is 15.3 Å². The summed E-state index contributed by atoms with van der Waals surface area (Å²) >= 11 is 0. The SMILES string of the molecule is Cc1cnc(C)c(NC2CCN(S(=O)(=O)Cc3ccccc3)CC2)n1. The average Bonchev–Trinajstić information content (AvgIpc) is 2.59. The lowest BCUT2D eigenvalue weighted by Crippen LogP contribution is -2.43. The predicted octanol–water partition coefficient (Wildman–Crippen LogP) is 2.50. The number of hydrogen-bond donors (Lipinski definition) is 1. The zero-order valence-electron chi connectivity index (χ0n) is 14.6. The normalized spacial score (nSPS) is 16.7. The molecule has 0 spiro atoms. The van der Waals surface area contributed by atoms with Crippen molar-refractivity contribution in [2.45, 2.75) is 38.5 Å². The Kier molecular flexibility index (Phi) is 5.34. The Morgan fingerprint density at radius 2 is 1.84 bits per heavy atom. The second kappa shape index (κ2) is 7.49. The number of nitrogens with zero attached hydrogens (tertiary/aromatic N) is 3. The van der Waals surface area contributed by atoms with Gasteiger partial charge in [0.25, 0.3) is 0 Å². The molecule has 0 unspecified atom stereocenters. The van der Waals surface area contributed by atoms with Crippen molar-refractivity contribution in [3.8, 4) is 0 Å². The van der Waals surface area contributed by atoms with Gasteiger partial charge in [-0.15, -0.1) is 0 Å². The van der Waals surface area contributed by atoms with Gasteiger partial charge in [-0.3, -0.25) is 4.98 Å². The van der Waals surface area contributed by atoms with Crippen molar-refractivity contribution in [2.75, 3.05) is 18.4 Å². The third-order valence-corrected chi connectivity index (χ3v) is 6.31. The summed E-state index contributed by atoms with van der Waals surface area (Å²) in [7, 11) is -3.27. The maximum atomic E-state index is 12.6. The molecule has 0 radical (unpaired) electrons. The Labute approximate surface area is 149 Å². The molecule has 2 heterocycles. The van der Waals surface area contributed by atoms with E-state index in [1.807, 2.05) is 44.2 Å². The van der Waals surface area contributed by atoms with Crippen LogP contribution < -0.4 is 5.32 Å². The number of aryl methyl sites for hydroxylation is 2. The van der Waals surface area contributed by atoms with Crippen molar-refractivity contribution < 1.29 is 8.42 Å². The molecule has 0 atom stereocenters. The van der Waals surface area contributed by atoms with Crippen LogP contribution in [0.4, 0.5) is 5.82 Å². The smallest absolute Gasteiger partial charge is 0.218 e. The second-order valence-electron chi connectivity index (χ2n) is 6.50. The van der Waals surface area contributed by atoms with Crippen LogP contribution >= 0.6 is 0 Å². The van der Waals surface area contributed by atoms with Gasteiger partial charge in [-0.05, 0) is 32.3 Å². The molecule has 0 bridgehead atoms. The summed E-state index contributed by atoms with van der Waals surface area (Å²) < 4.78 is 26.8. The fourth-order valence-corrected chi connectivity index (χ4v) is 4.59. The summed E-state index contributed by atoms with van der Waals surface area (Å²) in [6, 6.07) is 9.55. The lowest BCUT2D eigenvalue weighted by Gasteiger charge is -2.32. The number of hydrogen-bond acceptors (Lipinski definition) is 5. The van der Waals surface area contributed by atoms with Crippen molar-refractivity contribution >= 4 is 15.8 Å². The lowest BCUT2D eigenvalue weighted by molar-refractivity contribution is 0.329. The van der Waals surface area contributed by atoms with E-state index in [9.17, 15) is 8.42 Å². The van der Waals surface area contributed by atoms with Gasteiger partial charge in [0, 0.05) is 25.3 Å². The van der Waals surface area contributed by atoms with Crippen LogP contribution in [0, 0.1) is 13.8 Å². The molecule has 6 nitrogen and oxygen atoms in total. The van der Waals surface area contributed by atoms with Gasteiger partial charge >= 0.3 is 0 Å². The standard InChI is InChI=1S/C18H24N4O2S/c1-14-12-19-15(2)18(20-14)21-17-8-10-22(11-9-17)25(23,24)13-16-6-4-3-5-7-16/h3-7,12,17H,8-11,13H2,1-2H3,(H,20,21). The summed E-state index contributed by atoms with van der Waals surface area (Å²) in [4.78, 5) is 8.80. The number of rotatable bonds is 5. The summed E-state index contributed by atoms with van der Waals surface area (Å²) in [5.41, 5.74) is 2.56. The van der Waals surface area contributed by atoms with Crippen LogP contribution in [-0.4, -0.2) is 41.8 Å². The van der Waals surface area contributed by atoms with Crippen molar-refractivity contribution in [3.63, 3.8) is 0 Å². The zero-order valence-corrected chi connectivity index (χ0v) is 15.5. The highest BCUT2D eigenvalue weighted by Gasteiger charge is 2.28. The van der Waals surface area contributed by atoms with Crippen LogP contribution in [0.3, 0.4) is 0 Å². The summed E-state index contributed by atoms with van der Waals surface area (Å²) in [5, 5.41) is 3.42. The Hall–Kier alpha value is -1.99. The molecule has 134 valence electrons. The predicted molar refractivity (Wildman–Crippen MR) is 98.8 cm³/mol. The summed E-state index contributed by atoms with van der Waals surface area (Å²) in [5.74, 6) is 0.861. The minimum Gasteiger partial charge on any atom is -0.366 e. The molecule has 1 aromatic heterocycles. The zero-order chi connectivity index (χ0) is 17.9. The Morgan fingerprint density at radius 1 is 1.16 bits per heavy atom. The van der Waals surface area contributed by atoms with Gasteiger partial charge in [-0.1, -0.05) is 30.3 Å². The highest BCUT2D eigenvalue weighted by Crippen LogP contribution is 2.21. The molecule has 7 heteroatoms. The molecule has 1 aliphatic heterocycles. The number of aromatic nitrogens is 2. The van der Waals surface area contributed by atoms with Crippen LogP contribution in [0.25, 0.3) is 0 Å². The summed E-state index contributed by atoms with van der Waals surface area (Å²) in [6.45, 7) is 4.90. The number of sulfonamides is 1. The molecule has 0 amide bonds. The Bertz CT molecular complexity index is 816. The Balaban J connectivity index is 1.59. The molecule has 0 saturated carbocycles. The van der Waals surface area contributed by atoms with Gasteiger partial charge in [0.15, 0.2) is 0 Å². The van der Waals surface area contributed by atoms with Gasteiger partial charge in [0.05, 0.1) is 17.1 Å². The molecule has 3 rings (SSSR count).